The molecule has 11 heteroatoms. The van der Waals surface area contributed by atoms with Crippen molar-refractivity contribution in [3.63, 3.8) is 0 Å². The van der Waals surface area contributed by atoms with Crippen molar-refractivity contribution in [1.29, 1.82) is 0 Å². The van der Waals surface area contributed by atoms with Gasteiger partial charge in [-0.15, -0.1) is 0 Å². The molecule has 0 saturated carbocycles. The Hall–Kier alpha value is -7.55. The van der Waals surface area contributed by atoms with E-state index in [0.717, 1.165) is 79.1 Å². The lowest BCUT2D eigenvalue weighted by molar-refractivity contribution is 0.447. The van der Waals surface area contributed by atoms with Crippen molar-refractivity contribution in [3.05, 3.63) is 193 Å². The Bertz CT molecular complexity index is 3350. The minimum atomic E-state index is -3.50. The lowest BCUT2D eigenvalue weighted by Crippen LogP contribution is -2.26. The van der Waals surface area contributed by atoms with E-state index in [-0.39, 0.29) is 11.1 Å². The fraction of sp³-hybridized carbons (Fsp3) is 0. The van der Waals surface area contributed by atoms with Crippen LogP contribution in [-0.2, 0) is 0 Å². The second-order valence-electron chi connectivity index (χ2n) is 15.8. The molecule has 10 aromatic carbocycles. The van der Waals surface area contributed by atoms with Gasteiger partial charge in [-0.05, 0) is 103 Å². The molecule has 0 aromatic heterocycles. The van der Waals surface area contributed by atoms with Gasteiger partial charge >= 0.3 is 7.87 Å². The number of rotatable bonds is 2. The highest BCUT2D eigenvalue weighted by atomic mass is 31.2. The van der Waals surface area contributed by atoms with Crippen LogP contribution in [0, 0.1) is 34.9 Å². The molecule has 12 rings (SSSR count). The zero-order valence-corrected chi connectivity index (χ0v) is 33.6. The van der Waals surface area contributed by atoms with E-state index in [2.05, 4.69) is 44.6 Å². The van der Waals surface area contributed by atoms with Crippen molar-refractivity contribution in [2.24, 2.45) is 0 Å². The van der Waals surface area contributed by atoms with E-state index >= 15 is 17.6 Å². The highest BCUT2D eigenvalue weighted by molar-refractivity contribution is 7.81. The van der Waals surface area contributed by atoms with Gasteiger partial charge < -0.3 is 0 Å². The maximum Gasteiger partial charge on any atom is 0.395 e. The molecule has 0 bridgehead atoms. The Morgan fingerprint density at radius 2 is 0.651 bits per heavy atom. The second-order valence-corrected chi connectivity index (χ2v) is 18.1. The molecule has 0 unspecified atom stereocenters. The first-order valence-corrected chi connectivity index (χ1v) is 21.9. The molecule has 0 radical (unpaired) electrons. The van der Waals surface area contributed by atoms with Crippen molar-refractivity contribution >= 4 is 73.7 Å². The van der Waals surface area contributed by atoms with Crippen LogP contribution in [0.2, 0.25) is 0 Å². The van der Waals surface area contributed by atoms with Crippen molar-refractivity contribution in [3.8, 4) is 44.5 Å². The zero-order chi connectivity index (χ0) is 42.7. The fourth-order valence-electron chi connectivity index (χ4n) is 9.46. The van der Waals surface area contributed by atoms with Crippen molar-refractivity contribution in [2.45, 2.75) is 0 Å². The summed E-state index contributed by atoms with van der Waals surface area (Å²) < 4.78 is 90.9. The van der Waals surface area contributed by atoms with Crippen LogP contribution in [0.1, 0.15) is 0 Å². The van der Waals surface area contributed by atoms with Crippen molar-refractivity contribution < 1.29 is 26.3 Å². The van der Waals surface area contributed by atoms with Crippen LogP contribution in [0.3, 0.4) is 0 Å². The molecule has 63 heavy (non-hydrogen) atoms. The predicted octanol–water partition coefficient (Wildman–Crippen LogP) is 15.9. The monoisotopic (exact) mass is 855 g/mol. The molecule has 304 valence electrons. The first-order valence-electron chi connectivity index (χ1n) is 20.1. The molecule has 2 aliphatic rings. The van der Waals surface area contributed by atoms with Crippen LogP contribution in [0.25, 0.3) is 87.6 Å². The smallest absolute Gasteiger partial charge is 0.204 e. The average Bonchev–Trinajstić information content (AvgIpc) is 3.54. The van der Waals surface area contributed by atoms with E-state index in [4.69, 9.17) is 0 Å². The maximum atomic E-state index is 15.4. The summed E-state index contributed by atoms with van der Waals surface area (Å²) in [6, 6.07) is 46.8. The van der Waals surface area contributed by atoms with Gasteiger partial charge in [-0.3, -0.25) is 0 Å². The fourth-order valence-corrected chi connectivity index (χ4v) is 12.0. The Kier molecular flexibility index (Phi) is 8.11. The zero-order valence-electron chi connectivity index (χ0n) is 32.7. The molecule has 4 N–H and O–H groups in total. The van der Waals surface area contributed by atoms with Gasteiger partial charge in [-0.1, -0.05) is 109 Å². The van der Waals surface area contributed by atoms with Crippen LogP contribution in [0.5, 0.6) is 0 Å². The first kappa shape index (κ1) is 37.2. The summed E-state index contributed by atoms with van der Waals surface area (Å²) >= 11 is 0. The van der Waals surface area contributed by atoms with Crippen LogP contribution in [-0.4, -0.2) is 0 Å². The third-order valence-corrected chi connectivity index (χ3v) is 14.5. The molecule has 4 nitrogen and oxygen atoms in total. The molecule has 0 aliphatic carbocycles. The maximum absolute atomic E-state index is 15.4. The Labute approximate surface area is 356 Å². The van der Waals surface area contributed by atoms with E-state index < -0.39 is 42.8 Å². The lowest BCUT2D eigenvalue weighted by Gasteiger charge is -2.29. The average molecular weight is 856 g/mol. The second kappa shape index (κ2) is 13.7. The molecular formula is C52H30F6N4P+. The quantitative estimate of drug-likeness (QED) is 0.0795. The molecule has 1 spiro atoms. The van der Waals surface area contributed by atoms with Gasteiger partial charge in [0.05, 0.1) is 22.7 Å². The summed E-state index contributed by atoms with van der Waals surface area (Å²) in [4.78, 5) is 0. The van der Waals surface area contributed by atoms with Crippen molar-refractivity contribution in [2.75, 3.05) is 20.3 Å². The number of hydrogen-bond acceptors (Lipinski definition) is 4. The lowest BCUT2D eigenvalue weighted by atomic mass is 9.85. The van der Waals surface area contributed by atoms with Crippen molar-refractivity contribution in [1.82, 2.24) is 0 Å². The molecule has 0 amide bonds. The standard InChI is InChI=1S/C52H30F6N4P/c53-39-23-31(24-40(54)49(39)57)37-21-29-11-3-7-15-35(29)47-48-36-16-8-4-12-30(36)22-38(32-25-41(55)50(58)42(56)26-32)52(48)62-63(61-51(37)47)59-43-19-17-27-9-1-5-13-33(27)45(43)46-34-14-6-2-10-28(34)18-20-44(46)60-63/h1-26,59-62H/q+1. The van der Waals surface area contributed by atoms with E-state index in [1.807, 2.05) is 109 Å². The first-order chi connectivity index (χ1) is 30.6. The van der Waals surface area contributed by atoms with Gasteiger partial charge in [0, 0.05) is 33.4 Å². The van der Waals surface area contributed by atoms with E-state index in [1.54, 1.807) is 0 Å². The van der Waals surface area contributed by atoms with Gasteiger partial charge in [-0.25, -0.2) is 46.7 Å². The van der Waals surface area contributed by atoms with Gasteiger partial charge in [0.2, 0.25) is 0 Å². The topological polar surface area (TPSA) is 48.1 Å². The highest BCUT2D eigenvalue weighted by Gasteiger charge is 2.49. The largest absolute Gasteiger partial charge is 0.395 e. The number of fused-ring (bicyclic) bond motifs is 14. The Morgan fingerprint density at radius 1 is 0.317 bits per heavy atom. The van der Waals surface area contributed by atoms with E-state index in [0.29, 0.717) is 44.4 Å². The van der Waals surface area contributed by atoms with Gasteiger partial charge in [0.15, 0.2) is 34.9 Å². The van der Waals surface area contributed by atoms with Gasteiger partial charge in [0.1, 0.15) is 0 Å². The molecule has 10 aromatic rings. The molecular weight excluding hydrogens is 826 g/mol. The minimum Gasteiger partial charge on any atom is -0.204 e. The molecule has 0 saturated heterocycles. The predicted molar refractivity (Wildman–Crippen MR) is 246 cm³/mol. The minimum absolute atomic E-state index is 0.0678. The molecule has 2 heterocycles. The van der Waals surface area contributed by atoms with Crippen LogP contribution >= 0.6 is 7.87 Å². The SMILES string of the molecule is Fc1cc(-c2cc3ccccc3c3c2N[P+]2(Nc4ccc5ccccc5c4-c4c(ccc5ccccc45)N2)Nc2c(-c4cc(F)c(F)c(F)c4)cc4ccccc4c2-3)cc(F)c1F. The molecule has 0 fully saturated rings. The van der Waals surface area contributed by atoms with E-state index in [1.165, 1.54) is 0 Å². The Morgan fingerprint density at radius 3 is 1.03 bits per heavy atom. The van der Waals surface area contributed by atoms with Crippen LogP contribution in [0.4, 0.5) is 49.1 Å². The molecule has 2 aliphatic heterocycles. The third kappa shape index (κ3) is 5.68. The van der Waals surface area contributed by atoms with Crippen LogP contribution in [0.15, 0.2) is 158 Å². The highest BCUT2D eigenvalue weighted by Crippen LogP contribution is 2.68. The summed E-state index contributed by atoms with van der Waals surface area (Å²) in [5.74, 6) is -8.62. The number of benzene rings is 10. The summed E-state index contributed by atoms with van der Waals surface area (Å²) in [5, 5.41) is 22.3. The van der Waals surface area contributed by atoms with Crippen LogP contribution < -0.4 is 20.3 Å². The van der Waals surface area contributed by atoms with Gasteiger partial charge in [0.25, 0.3) is 0 Å². The van der Waals surface area contributed by atoms with Gasteiger partial charge in [-0.2, -0.15) is 0 Å². The normalized spacial score (nSPS) is 13.6. The number of anilines is 4. The summed E-state index contributed by atoms with van der Waals surface area (Å²) in [6.07, 6.45) is 0. The number of halogens is 6. The molecule has 0 atom stereocenters. The summed E-state index contributed by atoms with van der Waals surface area (Å²) in [5.41, 5.74) is 6.21. The summed E-state index contributed by atoms with van der Waals surface area (Å²) in [7, 11) is -3.50. The summed E-state index contributed by atoms with van der Waals surface area (Å²) in [6.45, 7) is 0. The number of nitrogens with one attached hydrogen (secondary N) is 4. The Balaban J connectivity index is 1.26. The third-order valence-electron chi connectivity index (χ3n) is 12.2. The number of hydrogen-bond donors (Lipinski definition) is 4. The van der Waals surface area contributed by atoms with E-state index in [9.17, 15) is 8.78 Å².